The Morgan fingerprint density at radius 2 is 1.95 bits per heavy atom. The normalized spacial score (nSPS) is 27.9. The molecule has 1 aromatic carbocycles. The third kappa shape index (κ3) is 2.41. The van der Waals surface area contributed by atoms with Gasteiger partial charge in [-0.15, -0.1) is 0 Å². The van der Waals surface area contributed by atoms with Gasteiger partial charge in [-0.1, -0.05) is 6.42 Å². The van der Waals surface area contributed by atoms with Crippen molar-refractivity contribution >= 4 is 11.6 Å². The van der Waals surface area contributed by atoms with E-state index in [0.717, 1.165) is 24.5 Å². The van der Waals surface area contributed by atoms with Crippen LogP contribution in [0.25, 0.3) is 0 Å². The summed E-state index contributed by atoms with van der Waals surface area (Å²) >= 11 is 0. The minimum atomic E-state index is -1.55. The van der Waals surface area contributed by atoms with E-state index in [1.54, 1.807) is 0 Å². The van der Waals surface area contributed by atoms with E-state index in [9.17, 15) is 18.0 Å². The number of fused-ring (bicyclic) bond motifs is 2. The van der Waals surface area contributed by atoms with Crippen LogP contribution >= 0.6 is 0 Å². The van der Waals surface area contributed by atoms with E-state index in [-0.39, 0.29) is 11.6 Å². The van der Waals surface area contributed by atoms with Gasteiger partial charge in [0.1, 0.15) is 0 Å². The van der Waals surface area contributed by atoms with Crippen molar-refractivity contribution in [1.29, 1.82) is 0 Å². The Morgan fingerprint density at radius 3 is 2.60 bits per heavy atom. The van der Waals surface area contributed by atoms with Crippen molar-refractivity contribution in [3.63, 3.8) is 0 Å². The zero-order chi connectivity index (χ0) is 14.3. The molecule has 0 spiro atoms. The molecule has 2 bridgehead atoms. The highest BCUT2D eigenvalue weighted by Gasteiger charge is 2.40. The fraction of sp³-hybridized carbons (Fsp3) is 0.533. The summed E-state index contributed by atoms with van der Waals surface area (Å²) in [6.07, 6.45) is 5.00. The first-order valence-electron chi connectivity index (χ1n) is 6.98. The molecule has 0 unspecified atom stereocenters. The zero-order valence-electron chi connectivity index (χ0n) is 11.0. The number of benzene rings is 1. The van der Waals surface area contributed by atoms with E-state index in [2.05, 4.69) is 5.32 Å². The summed E-state index contributed by atoms with van der Waals surface area (Å²) in [4.78, 5) is 11.9. The van der Waals surface area contributed by atoms with Gasteiger partial charge in [-0.05, 0) is 49.1 Å². The molecule has 108 valence electrons. The van der Waals surface area contributed by atoms with Crippen LogP contribution in [0, 0.1) is 35.2 Å². The number of carbonyl (C=O) groups excluding carboxylic acids is 1. The lowest BCUT2D eigenvalue weighted by molar-refractivity contribution is -0.117. The fourth-order valence-electron chi connectivity index (χ4n) is 3.69. The van der Waals surface area contributed by atoms with E-state index >= 15 is 0 Å². The molecular weight excluding hydrogens is 267 g/mol. The van der Waals surface area contributed by atoms with Crippen LogP contribution in [0.5, 0.6) is 0 Å². The van der Waals surface area contributed by atoms with Crippen LogP contribution in [0.2, 0.25) is 0 Å². The molecule has 1 N–H and O–H groups in total. The Balaban J connectivity index is 1.63. The second kappa shape index (κ2) is 5.11. The van der Waals surface area contributed by atoms with Crippen molar-refractivity contribution in [2.75, 3.05) is 5.32 Å². The minimum Gasteiger partial charge on any atom is -0.323 e. The third-order valence-electron chi connectivity index (χ3n) is 4.64. The number of rotatable bonds is 3. The zero-order valence-corrected chi connectivity index (χ0v) is 11.0. The quantitative estimate of drug-likeness (QED) is 0.838. The van der Waals surface area contributed by atoms with Crippen LogP contribution in [-0.4, -0.2) is 5.91 Å². The van der Waals surface area contributed by atoms with Gasteiger partial charge in [0.2, 0.25) is 5.91 Å². The van der Waals surface area contributed by atoms with Gasteiger partial charge in [0.15, 0.2) is 17.5 Å². The first-order valence-corrected chi connectivity index (χ1v) is 6.98. The lowest BCUT2D eigenvalue weighted by atomic mass is 9.86. The van der Waals surface area contributed by atoms with Crippen molar-refractivity contribution in [2.45, 2.75) is 32.1 Å². The maximum absolute atomic E-state index is 13.5. The molecule has 1 amide bonds. The van der Waals surface area contributed by atoms with E-state index in [1.807, 2.05) is 0 Å². The number of anilines is 1. The predicted octanol–water partition coefficient (Wildman–Crippen LogP) is 3.87. The van der Waals surface area contributed by atoms with Crippen LogP contribution in [0.3, 0.4) is 0 Å². The summed E-state index contributed by atoms with van der Waals surface area (Å²) < 4.78 is 39.3. The lowest BCUT2D eigenvalue weighted by Crippen LogP contribution is -2.21. The predicted molar refractivity (Wildman–Crippen MR) is 68.5 cm³/mol. The van der Waals surface area contributed by atoms with Gasteiger partial charge in [-0.3, -0.25) is 4.79 Å². The molecular formula is C15H16F3NO. The van der Waals surface area contributed by atoms with Gasteiger partial charge in [0.05, 0.1) is 5.69 Å². The smallest absolute Gasteiger partial charge is 0.224 e. The van der Waals surface area contributed by atoms with Crippen molar-refractivity contribution in [3.8, 4) is 0 Å². The summed E-state index contributed by atoms with van der Waals surface area (Å²) in [7, 11) is 0. The Morgan fingerprint density at radius 1 is 1.15 bits per heavy atom. The topological polar surface area (TPSA) is 29.1 Å². The number of hydrogen-bond donors (Lipinski definition) is 1. The van der Waals surface area contributed by atoms with Gasteiger partial charge >= 0.3 is 0 Å². The molecule has 20 heavy (non-hydrogen) atoms. The summed E-state index contributed by atoms with van der Waals surface area (Å²) in [6.45, 7) is 0. The van der Waals surface area contributed by atoms with Crippen molar-refractivity contribution in [1.82, 2.24) is 0 Å². The molecule has 2 aliphatic carbocycles. The van der Waals surface area contributed by atoms with Gasteiger partial charge in [-0.2, -0.15) is 0 Å². The number of halogens is 3. The van der Waals surface area contributed by atoms with E-state index in [0.29, 0.717) is 18.3 Å². The van der Waals surface area contributed by atoms with Gasteiger partial charge in [0.25, 0.3) is 0 Å². The number of amides is 1. The lowest BCUT2D eigenvalue weighted by Gasteiger charge is -2.21. The highest BCUT2D eigenvalue weighted by Crippen LogP contribution is 2.49. The van der Waals surface area contributed by atoms with Crippen LogP contribution in [0.4, 0.5) is 18.9 Å². The minimum absolute atomic E-state index is 0.294. The van der Waals surface area contributed by atoms with Crippen LogP contribution < -0.4 is 5.32 Å². The van der Waals surface area contributed by atoms with Crippen molar-refractivity contribution < 1.29 is 18.0 Å². The molecule has 3 atom stereocenters. The average molecular weight is 283 g/mol. The van der Waals surface area contributed by atoms with Crippen LogP contribution in [0.1, 0.15) is 32.1 Å². The van der Waals surface area contributed by atoms with Gasteiger partial charge in [-0.25, -0.2) is 13.2 Å². The number of nitrogens with one attached hydrogen (secondary N) is 1. The third-order valence-corrected chi connectivity index (χ3v) is 4.64. The molecule has 2 fully saturated rings. The standard InChI is InChI=1S/C15H16F3NO/c16-11-3-4-12(15(18)14(11)17)19-13(20)7-10-6-8-1-2-9(10)5-8/h3-4,8-10H,1-2,5-7H2,(H,19,20)/t8-,9+,10+/m0/s1. The van der Waals surface area contributed by atoms with Gasteiger partial charge in [0, 0.05) is 6.42 Å². The van der Waals surface area contributed by atoms with E-state index in [4.69, 9.17) is 0 Å². The van der Waals surface area contributed by atoms with Crippen molar-refractivity contribution in [3.05, 3.63) is 29.6 Å². The van der Waals surface area contributed by atoms with Gasteiger partial charge < -0.3 is 5.32 Å². The summed E-state index contributed by atoms with van der Waals surface area (Å²) in [5, 5.41) is 2.34. The Hall–Kier alpha value is -1.52. The second-order valence-electron chi connectivity index (χ2n) is 5.91. The number of carbonyl (C=O) groups is 1. The molecule has 0 heterocycles. The van der Waals surface area contributed by atoms with E-state index < -0.39 is 17.5 Å². The summed E-state index contributed by atoms with van der Waals surface area (Å²) in [5.74, 6) is -2.80. The molecule has 0 radical (unpaired) electrons. The Bertz CT molecular complexity index is 546. The maximum Gasteiger partial charge on any atom is 0.224 e. The first-order chi connectivity index (χ1) is 9.54. The Labute approximate surface area is 115 Å². The maximum atomic E-state index is 13.5. The second-order valence-corrected chi connectivity index (χ2v) is 5.91. The molecule has 2 saturated carbocycles. The highest BCUT2D eigenvalue weighted by atomic mass is 19.2. The molecule has 0 saturated heterocycles. The van der Waals surface area contributed by atoms with E-state index in [1.165, 1.54) is 19.3 Å². The largest absolute Gasteiger partial charge is 0.323 e. The summed E-state index contributed by atoms with van der Waals surface area (Å²) in [5.41, 5.74) is -0.294. The van der Waals surface area contributed by atoms with Crippen LogP contribution in [0.15, 0.2) is 12.1 Å². The first kappa shape index (κ1) is 13.5. The monoisotopic (exact) mass is 283 g/mol. The fourth-order valence-corrected chi connectivity index (χ4v) is 3.69. The molecule has 0 aliphatic heterocycles. The molecule has 5 heteroatoms. The SMILES string of the molecule is O=C(C[C@H]1C[C@H]2CC[C@@H]1C2)Nc1ccc(F)c(F)c1F. The Kier molecular flexibility index (Phi) is 3.44. The highest BCUT2D eigenvalue weighted by molar-refractivity contribution is 5.91. The molecule has 1 aromatic rings. The average Bonchev–Trinajstić information content (AvgIpc) is 3.02. The molecule has 3 rings (SSSR count). The number of hydrogen-bond acceptors (Lipinski definition) is 1. The molecule has 0 aromatic heterocycles. The molecule has 2 nitrogen and oxygen atoms in total. The van der Waals surface area contributed by atoms with Crippen molar-refractivity contribution in [2.24, 2.45) is 17.8 Å². The van der Waals surface area contributed by atoms with Crippen LogP contribution in [-0.2, 0) is 4.79 Å². The molecule has 2 aliphatic rings. The summed E-state index contributed by atoms with van der Waals surface area (Å²) in [6, 6.07) is 1.86.